The van der Waals surface area contributed by atoms with Crippen molar-refractivity contribution >= 4 is 35.1 Å². The zero-order valence-electron chi connectivity index (χ0n) is 20.7. The Kier molecular flexibility index (Phi) is 7.77. The van der Waals surface area contributed by atoms with E-state index < -0.39 is 54.5 Å². The summed E-state index contributed by atoms with van der Waals surface area (Å²) in [6, 6.07) is 4.33. The van der Waals surface area contributed by atoms with E-state index in [1.165, 1.54) is 0 Å². The highest BCUT2D eigenvalue weighted by Gasteiger charge is 2.56. The second-order valence-corrected chi connectivity index (χ2v) is 10.2. The minimum atomic E-state index is -5.05. The zero-order valence-corrected chi connectivity index (χ0v) is 20.7. The van der Waals surface area contributed by atoms with Crippen molar-refractivity contribution in [2.24, 2.45) is 11.3 Å². The SMILES string of the molecule is Cc1ccccc1NC(=O)C(=O)N1CC2(CC2)C[C@H]1C(=O)N[C@@H](C[C@@H]1CCNC1=O)C(=O)COC(F)(F)F. The number of Topliss-reactive ketones (excluding diaryl/α,β-unsaturated/α-hetero) is 1. The smallest absolute Gasteiger partial charge is 0.356 e. The summed E-state index contributed by atoms with van der Waals surface area (Å²) in [6.45, 7) is 0.946. The molecule has 3 N–H and O–H groups in total. The van der Waals surface area contributed by atoms with Gasteiger partial charge in [0.25, 0.3) is 0 Å². The van der Waals surface area contributed by atoms with Gasteiger partial charge in [-0.2, -0.15) is 0 Å². The number of nitrogens with one attached hydrogen (secondary N) is 3. The van der Waals surface area contributed by atoms with Crippen molar-refractivity contribution in [2.75, 3.05) is 25.0 Å². The van der Waals surface area contributed by atoms with Gasteiger partial charge in [0.15, 0.2) is 5.78 Å². The summed E-state index contributed by atoms with van der Waals surface area (Å²) in [7, 11) is 0. The third-order valence-corrected chi connectivity index (χ3v) is 7.38. The molecule has 2 aliphatic heterocycles. The predicted octanol–water partition coefficient (Wildman–Crippen LogP) is 1.43. The second-order valence-electron chi connectivity index (χ2n) is 10.2. The summed E-state index contributed by atoms with van der Waals surface area (Å²) < 4.78 is 41.3. The quantitative estimate of drug-likeness (QED) is 0.429. The number of anilines is 1. The van der Waals surface area contributed by atoms with Crippen molar-refractivity contribution in [3.05, 3.63) is 29.8 Å². The van der Waals surface area contributed by atoms with Gasteiger partial charge in [-0.25, -0.2) is 0 Å². The topological polar surface area (TPSA) is 134 Å². The molecule has 13 heteroatoms. The van der Waals surface area contributed by atoms with Gasteiger partial charge in [-0.15, -0.1) is 13.2 Å². The third kappa shape index (κ3) is 6.50. The molecule has 0 aromatic heterocycles. The van der Waals surface area contributed by atoms with Crippen molar-refractivity contribution in [3.63, 3.8) is 0 Å². The molecule has 1 spiro atoms. The molecule has 2 saturated heterocycles. The predicted molar refractivity (Wildman–Crippen MR) is 126 cm³/mol. The first-order valence-electron chi connectivity index (χ1n) is 12.4. The van der Waals surface area contributed by atoms with Crippen molar-refractivity contribution in [1.29, 1.82) is 0 Å². The lowest BCUT2D eigenvalue weighted by Gasteiger charge is -2.26. The number of carbonyl (C=O) groups excluding carboxylic acids is 5. The van der Waals surface area contributed by atoms with E-state index in [1.807, 2.05) is 0 Å². The maximum absolute atomic E-state index is 13.3. The van der Waals surface area contributed by atoms with Gasteiger partial charge in [-0.1, -0.05) is 18.2 Å². The Morgan fingerprint density at radius 2 is 1.92 bits per heavy atom. The maximum atomic E-state index is 13.3. The first-order chi connectivity index (χ1) is 17.9. The number of ketones is 1. The van der Waals surface area contributed by atoms with E-state index in [9.17, 15) is 37.1 Å². The van der Waals surface area contributed by atoms with Gasteiger partial charge in [0.05, 0.1) is 6.04 Å². The Hall–Kier alpha value is -3.48. The standard InChI is InChI=1S/C25H29F3N4O6/c1-14-4-2-3-5-16(14)30-22(36)23(37)32-13-24(7-8-24)11-18(32)21(35)31-17(10-15-6-9-29-20(15)34)19(33)12-38-25(26,27)28/h2-5,15,17-18H,6-13H2,1H3,(H,29,34)(H,30,36)(H,31,35)/t15-,17-,18-/m0/s1. The molecule has 38 heavy (non-hydrogen) atoms. The number of ether oxygens (including phenoxy) is 1. The van der Waals surface area contributed by atoms with Gasteiger partial charge < -0.3 is 20.9 Å². The van der Waals surface area contributed by atoms with Crippen LogP contribution in [0.4, 0.5) is 18.9 Å². The van der Waals surface area contributed by atoms with E-state index in [0.29, 0.717) is 18.7 Å². The molecule has 1 aromatic carbocycles. The van der Waals surface area contributed by atoms with Gasteiger partial charge in [-0.3, -0.25) is 28.7 Å². The molecule has 10 nitrogen and oxygen atoms in total. The Morgan fingerprint density at radius 1 is 1.21 bits per heavy atom. The van der Waals surface area contributed by atoms with Crippen LogP contribution in [-0.4, -0.2) is 72.5 Å². The molecule has 0 radical (unpaired) electrons. The Morgan fingerprint density at radius 3 is 2.53 bits per heavy atom. The highest BCUT2D eigenvalue weighted by Crippen LogP contribution is 2.54. The molecule has 0 bridgehead atoms. The van der Waals surface area contributed by atoms with Gasteiger partial charge in [0.2, 0.25) is 11.8 Å². The van der Waals surface area contributed by atoms with Gasteiger partial charge in [0.1, 0.15) is 12.6 Å². The van der Waals surface area contributed by atoms with Crippen molar-refractivity contribution < 1.29 is 41.9 Å². The van der Waals surface area contributed by atoms with Gasteiger partial charge in [-0.05, 0) is 56.1 Å². The van der Waals surface area contributed by atoms with Crippen LogP contribution in [0.1, 0.15) is 37.7 Å². The number of para-hydroxylation sites is 1. The molecule has 3 aliphatic rings. The third-order valence-electron chi connectivity index (χ3n) is 7.38. The van der Waals surface area contributed by atoms with E-state index in [-0.39, 0.29) is 30.7 Å². The molecule has 3 atom stereocenters. The molecule has 3 fully saturated rings. The number of benzene rings is 1. The van der Waals surface area contributed by atoms with Crippen LogP contribution in [0.2, 0.25) is 0 Å². The number of likely N-dealkylation sites (tertiary alicyclic amines) is 1. The summed E-state index contributed by atoms with van der Waals surface area (Å²) in [4.78, 5) is 65.0. The number of nitrogens with zero attached hydrogens (tertiary/aromatic N) is 1. The first kappa shape index (κ1) is 27.6. The first-order valence-corrected chi connectivity index (χ1v) is 12.4. The number of amides is 4. The Bertz CT molecular complexity index is 1140. The van der Waals surface area contributed by atoms with Crippen LogP contribution in [0, 0.1) is 18.3 Å². The lowest BCUT2D eigenvalue weighted by atomic mass is 9.95. The second kappa shape index (κ2) is 10.7. The van der Waals surface area contributed by atoms with E-state index >= 15 is 0 Å². The van der Waals surface area contributed by atoms with Crippen LogP contribution in [0.15, 0.2) is 24.3 Å². The largest absolute Gasteiger partial charge is 0.522 e. The summed E-state index contributed by atoms with van der Waals surface area (Å²) in [5.74, 6) is -4.71. The van der Waals surface area contributed by atoms with Crippen molar-refractivity contribution in [3.8, 4) is 0 Å². The fraction of sp³-hybridized carbons (Fsp3) is 0.560. The lowest BCUT2D eigenvalue weighted by molar-refractivity contribution is -0.321. The lowest BCUT2D eigenvalue weighted by Crippen LogP contribution is -2.53. The fourth-order valence-electron chi connectivity index (χ4n) is 5.01. The molecular weight excluding hydrogens is 509 g/mol. The minimum absolute atomic E-state index is 0.173. The van der Waals surface area contributed by atoms with Crippen molar-refractivity contribution in [1.82, 2.24) is 15.5 Å². The van der Waals surface area contributed by atoms with Crippen LogP contribution < -0.4 is 16.0 Å². The summed E-state index contributed by atoms with van der Waals surface area (Å²) in [5.41, 5.74) is 0.865. The highest BCUT2D eigenvalue weighted by molar-refractivity contribution is 6.40. The van der Waals surface area contributed by atoms with Crippen LogP contribution in [0.3, 0.4) is 0 Å². The average Bonchev–Trinajstić information content (AvgIpc) is 3.32. The number of rotatable bonds is 8. The molecule has 1 aromatic rings. The van der Waals surface area contributed by atoms with Crippen LogP contribution in [0.25, 0.3) is 0 Å². The monoisotopic (exact) mass is 538 g/mol. The Balaban J connectivity index is 1.48. The van der Waals surface area contributed by atoms with Gasteiger partial charge >= 0.3 is 18.2 Å². The molecular formula is C25H29F3N4O6. The molecule has 206 valence electrons. The van der Waals surface area contributed by atoms with Crippen molar-refractivity contribution in [2.45, 2.75) is 57.5 Å². The molecule has 1 saturated carbocycles. The molecule has 4 rings (SSSR count). The number of aryl methyl sites for hydroxylation is 1. The normalized spacial score (nSPS) is 22.6. The minimum Gasteiger partial charge on any atom is -0.356 e. The van der Waals surface area contributed by atoms with E-state index in [4.69, 9.17) is 0 Å². The number of hydrogen-bond donors (Lipinski definition) is 3. The van der Waals surface area contributed by atoms with Crippen LogP contribution in [0.5, 0.6) is 0 Å². The van der Waals surface area contributed by atoms with E-state index in [0.717, 1.165) is 23.3 Å². The number of carbonyl (C=O) groups is 5. The summed E-state index contributed by atoms with van der Waals surface area (Å²) >= 11 is 0. The van der Waals surface area contributed by atoms with E-state index in [2.05, 4.69) is 20.7 Å². The van der Waals surface area contributed by atoms with Gasteiger partial charge in [0, 0.05) is 24.7 Å². The molecule has 4 amide bonds. The molecule has 1 aliphatic carbocycles. The summed E-state index contributed by atoms with van der Waals surface area (Å²) in [6.07, 6.45) is -3.14. The van der Waals surface area contributed by atoms with E-state index in [1.54, 1.807) is 31.2 Å². The van der Waals surface area contributed by atoms with Crippen LogP contribution in [-0.2, 0) is 28.7 Å². The number of hydrogen-bond acceptors (Lipinski definition) is 6. The fourth-order valence-corrected chi connectivity index (χ4v) is 5.01. The average molecular weight is 539 g/mol. The number of halogens is 3. The molecule has 0 unspecified atom stereocenters. The zero-order chi connectivity index (χ0) is 27.7. The van der Waals surface area contributed by atoms with Crippen LogP contribution >= 0.6 is 0 Å². The number of alkyl halides is 3. The maximum Gasteiger partial charge on any atom is 0.522 e. The summed E-state index contributed by atoms with van der Waals surface area (Å²) in [5, 5.41) is 7.59. The highest BCUT2D eigenvalue weighted by atomic mass is 19.4. The molecule has 2 heterocycles. The Labute approximate surface area is 216 Å².